The van der Waals surface area contributed by atoms with Gasteiger partial charge in [0.2, 0.25) is 11.8 Å². The van der Waals surface area contributed by atoms with Crippen LogP contribution in [0.25, 0.3) is 0 Å². The van der Waals surface area contributed by atoms with Crippen molar-refractivity contribution in [2.24, 2.45) is 5.41 Å². The third kappa shape index (κ3) is 4.17. The highest BCUT2D eigenvalue weighted by atomic mass is 16.4. The minimum Gasteiger partial charge on any atom is -0.481 e. The number of aliphatic carboxylic acids is 1. The second-order valence-corrected chi connectivity index (χ2v) is 6.16. The Bertz CT molecular complexity index is 402. The molecule has 1 rings (SSSR count). The molecule has 1 heterocycles. The average Bonchev–Trinajstić information content (AvgIpc) is 2.47. The summed E-state index contributed by atoms with van der Waals surface area (Å²) in [6, 6.07) is 0. The number of nitrogens with zero attached hydrogens (tertiary/aromatic N) is 2. The van der Waals surface area contributed by atoms with Crippen LogP contribution in [0.15, 0.2) is 4.42 Å². The number of hydrogen-bond donors (Lipinski definition) is 1. The normalized spacial score (nSPS) is 12.8. The summed E-state index contributed by atoms with van der Waals surface area (Å²) >= 11 is 0. The topological polar surface area (TPSA) is 76.2 Å². The van der Waals surface area contributed by atoms with Crippen LogP contribution < -0.4 is 0 Å². The quantitative estimate of drug-likeness (QED) is 0.874. The van der Waals surface area contributed by atoms with Crippen molar-refractivity contribution < 1.29 is 14.3 Å². The fraction of sp³-hybridized carbons (Fsp3) is 0.750. The number of carboxylic acids is 1. The number of carbonyl (C=O) groups is 1. The summed E-state index contributed by atoms with van der Waals surface area (Å²) in [6.07, 6.45) is 0.558. The van der Waals surface area contributed by atoms with Crippen LogP contribution in [-0.2, 0) is 16.6 Å². The van der Waals surface area contributed by atoms with E-state index < -0.39 is 5.97 Å². The van der Waals surface area contributed by atoms with Gasteiger partial charge in [-0.15, -0.1) is 10.2 Å². The molecule has 1 aromatic rings. The van der Waals surface area contributed by atoms with E-state index in [9.17, 15) is 4.79 Å². The number of hydrogen-bond acceptors (Lipinski definition) is 4. The molecule has 0 spiro atoms. The summed E-state index contributed by atoms with van der Waals surface area (Å²) < 4.78 is 5.55. The molecule has 0 saturated carbocycles. The largest absolute Gasteiger partial charge is 0.481 e. The molecule has 0 aliphatic heterocycles. The van der Waals surface area contributed by atoms with Gasteiger partial charge in [0.05, 0.1) is 6.42 Å². The van der Waals surface area contributed by atoms with Crippen LogP contribution in [0.5, 0.6) is 0 Å². The Morgan fingerprint density at radius 1 is 1.24 bits per heavy atom. The molecule has 0 amide bonds. The lowest BCUT2D eigenvalue weighted by Crippen LogP contribution is -2.19. The first kappa shape index (κ1) is 13.7. The third-order valence-corrected chi connectivity index (χ3v) is 2.37. The highest BCUT2D eigenvalue weighted by Gasteiger charge is 2.27. The number of aromatic nitrogens is 2. The van der Waals surface area contributed by atoms with E-state index in [-0.39, 0.29) is 17.3 Å². The molecule has 0 aliphatic carbocycles. The maximum Gasteiger partial charge on any atom is 0.303 e. The first-order valence-electron chi connectivity index (χ1n) is 5.65. The molecule has 0 aromatic carbocycles. The van der Waals surface area contributed by atoms with Gasteiger partial charge in [-0.3, -0.25) is 4.79 Å². The van der Waals surface area contributed by atoms with Gasteiger partial charge in [0, 0.05) is 11.8 Å². The zero-order valence-electron chi connectivity index (χ0n) is 11.1. The molecule has 0 fully saturated rings. The maximum atomic E-state index is 10.7. The first-order chi connectivity index (χ1) is 7.60. The van der Waals surface area contributed by atoms with E-state index in [0.717, 1.165) is 0 Å². The van der Waals surface area contributed by atoms with Crippen molar-refractivity contribution in [1.29, 1.82) is 0 Å². The number of rotatable bonds is 4. The smallest absolute Gasteiger partial charge is 0.303 e. The van der Waals surface area contributed by atoms with Crippen molar-refractivity contribution in [3.8, 4) is 0 Å². The summed E-state index contributed by atoms with van der Waals surface area (Å²) in [5.74, 6) is 0.269. The van der Waals surface area contributed by atoms with E-state index in [1.54, 1.807) is 0 Å². The van der Waals surface area contributed by atoms with E-state index in [0.29, 0.717) is 18.2 Å². The van der Waals surface area contributed by atoms with Gasteiger partial charge in [0.15, 0.2) is 0 Å². The van der Waals surface area contributed by atoms with Crippen molar-refractivity contribution in [3.63, 3.8) is 0 Å². The second kappa shape index (κ2) is 4.47. The van der Waals surface area contributed by atoms with E-state index in [1.807, 2.05) is 34.6 Å². The third-order valence-electron chi connectivity index (χ3n) is 2.37. The minimum absolute atomic E-state index is 0.0836. The Morgan fingerprint density at radius 3 is 2.24 bits per heavy atom. The molecule has 0 bridgehead atoms. The van der Waals surface area contributed by atoms with Gasteiger partial charge in [-0.2, -0.15) is 0 Å². The predicted molar refractivity (Wildman–Crippen MR) is 62.7 cm³/mol. The monoisotopic (exact) mass is 240 g/mol. The van der Waals surface area contributed by atoms with Crippen molar-refractivity contribution in [2.45, 2.75) is 52.9 Å². The Balaban J connectivity index is 2.76. The molecule has 5 heteroatoms. The van der Waals surface area contributed by atoms with Crippen LogP contribution in [0, 0.1) is 5.41 Å². The Hall–Kier alpha value is -1.39. The average molecular weight is 240 g/mol. The lowest BCUT2D eigenvalue weighted by molar-refractivity contribution is -0.139. The molecule has 0 saturated heterocycles. The Morgan fingerprint density at radius 2 is 1.82 bits per heavy atom. The van der Waals surface area contributed by atoms with E-state index in [2.05, 4.69) is 10.2 Å². The number of carboxylic acid groups (broad SMARTS) is 1. The lowest BCUT2D eigenvalue weighted by Gasteiger charge is -2.19. The molecule has 1 aromatic heterocycles. The molecular weight excluding hydrogens is 220 g/mol. The van der Waals surface area contributed by atoms with Crippen LogP contribution in [0.3, 0.4) is 0 Å². The van der Waals surface area contributed by atoms with Crippen LogP contribution in [0.1, 0.15) is 52.8 Å². The summed E-state index contributed by atoms with van der Waals surface area (Å²) in [6.45, 7) is 9.73. The highest BCUT2D eigenvalue weighted by molar-refractivity contribution is 5.67. The van der Waals surface area contributed by atoms with Crippen LogP contribution in [-0.4, -0.2) is 21.3 Å². The molecule has 1 N–H and O–H groups in total. The Labute approximate surface area is 101 Å². The minimum atomic E-state index is -0.814. The van der Waals surface area contributed by atoms with Crippen molar-refractivity contribution in [1.82, 2.24) is 10.2 Å². The van der Waals surface area contributed by atoms with E-state index in [1.165, 1.54) is 0 Å². The first-order valence-corrected chi connectivity index (χ1v) is 5.65. The summed E-state index contributed by atoms with van der Waals surface area (Å²) in [4.78, 5) is 10.7. The van der Waals surface area contributed by atoms with Gasteiger partial charge in [-0.25, -0.2) is 0 Å². The van der Waals surface area contributed by atoms with Crippen molar-refractivity contribution in [3.05, 3.63) is 11.8 Å². The molecule has 5 nitrogen and oxygen atoms in total. The SMILES string of the molecule is CC(C)(CC(=O)O)Cc1nnc(C(C)(C)C)o1. The Kier molecular flexibility index (Phi) is 3.59. The van der Waals surface area contributed by atoms with Crippen LogP contribution >= 0.6 is 0 Å². The summed E-state index contributed by atoms with van der Waals surface area (Å²) in [7, 11) is 0. The molecule has 17 heavy (non-hydrogen) atoms. The zero-order chi connectivity index (χ0) is 13.3. The van der Waals surface area contributed by atoms with Crippen molar-refractivity contribution in [2.75, 3.05) is 0 Å². The lowest BCUT2D eigenvalue weighted by atomic mass is 9.86. The van der Waals surface area contributed by atoms with Crippen LogP contribution in [0.4, 0.5) is 0 Å². The fourth-order valence-corrected chi connectivity index (χ4v) is 1.51. The summed E-state index contributed by atoms with van der Waals surface area (Å²) in [5, 5.41) is 16.7. The van der Waals surface area contributed by atoms with Crippen molar-refractivity contribution >= 4 is 5.97 Å². The fourth-order valence-electron chi connectivity index (χ4n) is 1.51. The molecular formula is C12H20N2O3. The maximum absolute atomic E-state index is 10.7. The van der Waals surface area contributed by atoms with Gasteiger partial charge < -0.3 is 9.52 Å². The van der Waals surface area contributed by atoms with E-state index >= 15 is 0 Å². The standard InChI is InChI=1S/C12H20N2O3/c1-11(2,3)10-14-13-8(17-10)6-12(4,5)7-9(15)16/h6-7H2,1-5H3,(H,15,16). The molecule has 0 unspecified atom stereocenters. The molecule has 96 valence electrons. The zero-order valence-corrected chi connectivity index (χ0v) is 11.1. The second-order valence-electron chi connectivity index (χ2n) is 6.16. The van der Waals surface area contributed by atoms with Gasteiger partial charge in [-0.1, -0.05) is 34.6 Å². The van der Waals surface area contributed by atoms with Gasteiger partial charge in [0.1, 0.15) is 0 Å². The van der Waals surface area contributed by atoms with Gasteiger partial charge in [-0.05, 0) is 5.41 Å². The summed E-state index contributed by atoms with van der Waals surface area (Å²) in [5.41, 5.74) is -0.560. The van der Waals surface area contributed by atoms with Gasteiger partial charge >= 0.3 is 5.97 Å². The van der Waals surface area contributed by atoms with Gasteiger partial charge in [0.25, 0.3) is 0 Å². The highest BCUT2D eigenvalue weighted by Crippen LogP contribution is 2.27. The van der Waals surface area contributed by atoms with Crippen LogP contribution in [0.2, 0.25) is 0 Å². The molecule has 0 aliphatic rings. The predicted octanol–water partition coefficient (Wildman–Crippen LogP) is 2.41. The van der Waals surface area contributed by atoms with E-state index in [4.69, 9.17) is 9.52 Å². The molecule has 0 atom stereocenters. The molecule has 0 radical (unpaired) electrons.